The lowest BCUT2D eigenvalue weighted by Crippen LogP contribution is -2.35. The number of anilines is 1. The first-order chi connectivity index (χ1) is 12.4. The van der Waals surface area contributed by atoms with Crippen LogP contribution in [-0.2, 0) is 17.6 Å². The van der Waals surface area contributed by atoms with Gasteiger partial charge in [0.25, 0.3) is 0 Å². The third-order valence-corrected chi connectivity index (χ3v) is 5.68. The summed E-state index contributed by atoms with van der Waals surface area (Å²) in [5.41, 5.74) is 3.58. The zero-order valence-corrected chi connectivity index (χ0v) is 14.4. The van der Waals surface area contributed by atoms with Crippen LogP contribution in [0.1, 0.15) is 43.4 Å². The quantitative estimate of drug-likeness (QED) is 0.927. The molecule has 1 aliphatic heterocycles. The van der Waals surface area contributed by atoms with Gasteiger partial charge in [-0.2, -0.15) is 0 Å². The lowest BCUT2D eigenvalue weighted by Gasteiger charge is -2.31. The molecule has 1 N–H and O–H groups in total. The number of rotatable bonds is 4. The minimum absolute atomic E-state index is 0.445. The fraction of sp³-hybridized carbons (Fsp3) is 0.550. The molecule has 25 heavy (non-hydrogen) atoms. The van der Waals surface area contributed by atoms with E-state index in [2.05, 4.69) is 10.3 Å². The van der Waals surface area contributed by atoms with E-state index in [0.717, 1.165) is 55.4 Å². The molecule has 2 fully saturated rings. The number of nitrogens with zero attached hydrogens (tertiary/aromatic N) is 3. The molecule has 1 saturated heterocycles. The van der Waals surface area contributed by atoms with Gasteiger partial charge in [0.2, 0.25) is 0 Å². The number of fused-ring (bicyclic) bond motifs is 1. The first-order valence-electron chi connectivity index (χ1n) is 9.55. The molecule has 0 bridgehead atoms. The van der Waals surface area contributed by atoms with Crippen molar-refractivity contribution in [2.45, 2.75) is 57.1 Å². The lowest BCUT2D eigenvalue weighted by molar-refractivity contribution is -0.00224. The lowest BCUT2D eigenvalue weighted by atomic mass is 10.00. The average Bonchev–Trinajstić information content (AvgIpc) is 3.40. The Bertz CT molecular complexity index is 760. The van der Waals surface area contributed by atoms with Crippen LogP contribution >= 0.6 is 0 Å². The van der Waals surface area contributed by atoms with E-state index >= 15 is 0 Å². The average molecular weight is 336 g/mol. The van der Waals surface area contributed by atoms with Crippen LogP contribution in [0, 0.1) is 5.92 Å². The Morgan fingerprint density at radius 1 is 1.04 bits per heavy atom. The van der Waals surface area contributed by atoms with E-state index in [1.165, 1.54) is 30.5 Å². The van der Waals surface area contributed by atoms with E-state index in [1.54, 1.807) is 12.4 Å². The highest BCUT2D eigenvalue weighted by Crippen LogP contribution is 2.39. The predicted molar refractivity (Wildman–Crippen MR) is 96.4 cm³/mol. The van der Waals surface area contributed by atoms with Gasteiger partial charge < -0.3 is 10.1 Å². The van der Waals surface area contributed by atoms with Crippen LogP contribution in [0.4, 0.5) is 5.82 Å². The van der Waals surface area contributed by atoms with Crippen LogP contribution in [0.2, 0.25) is 0 Å². The highest BCUT2D eigenvalue weighted by Gasteiger charge is 2.36. The monoisotopic (exact) mass is 336 g/mol. The van der Waals surface area contributed by atoms with E-state index in [-0.39, 0.29) is 0 Å². The van der Waals surface area contributed by atoms with Gasteiger partial charge in [0.15, 0.2) is 5.82 Å². The minimum atomic E-state index is 0.445. The van der Waals surface area contributed by atoms with Crippen LogP contribution in [0.3, 0.4) is 0 Å². The normalized spacial score (nSPS) is 25.6. The molecule has 0 spiro atoms. The Morgan fingerprint density at radius 2 is 1.92 bits per heavy atom. The van der Waals surface area contributed by atoms with E-state index in [9.17, 15) is 0 Å². The number of ether oxygens (including phenoxy) is 1. The van der Waals surface area contributed by atoms with Crippen molar-refractivity contribution in [3.63, 3.8) is 0 Å². The molecule has 5 nitrogen and oxygen atoms in total. The van der Waals surface area contributed by atoms with Crippen molar-refractivity contribution in [2.75, 3.05) is 11.9 Å². The van der Waals surface area contributed by atoms with Crippen molar-refractivity contribution >= 4 is 5.82 Å². The number of nitrogens with one attached hydrogen (secondary N) is 1. The topological polar surface area (TPSA) is 59.9 Å². The fourth-order valence-electron chi connectivity index (χ4n) is 4.13. The summed E-state index contributed by atoms with van der Waals surface area (Å²) in [5, 5.41) is 3.76. The smallest absolute Gasteiger partial charge is 0.161 e. The van der Waals surface area contributed by atoms with Gasteiger partial charge in [0.05, 0.1) is 6.10 Å². The molecule has 0 amide bonds. The predicted octanol–water partition coefficient (Wildman–Crippen LogP) is 3.40. The molecule has 2 aromatic heterocycles. The molecule has 1 saturated carbocycles. The van der Waals surface area contributed by atoms with Crippen molar-refractivity contribution in [2.24, 2.45) is 5.92 Å². The first-order valence-corrected chi connectivity index (χ1v) is 9.55. The van der Waals surface area contributed by atoms with Crippen molar-refractivity contribution in [3.8, 4) is 11.4 Å². The van der Waals surface area contributed by atoms with Crippen molar-refractivity contribution in [1.82, 2.24) is 15.0 Å². The molecular formula is C20H24N4O. The summed E-state index contributed by atoms with van der Waals surface area (Å²) in [4.78, 5) is 13.8. The summed E-state index contributed by atoms with van der Waals surface area (Å²) in [6.45, 7) is 0.864. The summed E-state index contributed by atoms with van der Waals surface area (Å²) in [6.07, 6.45) is 12.2. The maximum Gasteiger partial charge on any atom is 0.161 e. The fourth-order valence-corrected chi connectivity index (χ4v) is 4.13. The van der Waals surface area contributed by atoms with Gasteiger partial charge >= 0.3 is 0 Å². The molecule has 130 valence electrons. The molecular weight excluding hydrogens is 312 g/mol. The Morgan fingerprint density at radius 3 is 2.76 bits per heavy atom. The summed E-state index contributed by atoms with van der Waals surface area (Å²) in [6, 6.07) is 4.43. The van der Waals surface area contributed by atoms with Crippen molar-refractivity contribution < 1.29 is 4.74 Å². The van der Waals surface area contributed by atoms with Gasteiger partial charge in [-0.15, -0.1) is 0 Å². The van der Waals surface area contributed by atoms with Crippen LogP contribution in [0.15, 0.2) is 24.5 Å². The molecule has 5 heteroatoms. The molecule has 0 radical (unpaired) electrons. The maximum atomic E-state index is 5.98. The molecule has 2 atom stereocenters. The molecule has 5 rings (SSSR count). The van der Waals surface area contributed by atoms with Gasteiger partial charge in [0.1, 0.15) is 5.82 Å². The van der Waals surface area contributed by atoms with Gasteiger partial charge in [0, 0.05) is 41.9 Å². The van der Waals surface area contributed by atoms with E-state index in [1.807, 2.05) is 12.1 Å². The van der Waals surface area contributed by atoms with Crippen molar-refractivity contribution in [1.29, 1.82) is 0 Å². The SMILES string of the molecule is c1cc(-c2nc3c(c(NC4CCOC(C5CC5)C4)n2)CCC3)ccn1. The van der Waals surface area contributed by atoms with Gasteiger partial charge in [-0.1, -0.05) is 0 Å². The number of aryl methyl sites for hydroxylation is 1. The van der Waals surface area contributed by atoms with E-state index in [4.69, 9.17) is 14.7 Å². The summed E-state index contributed by atoms with van der Waals surface area (Å²) < 4.78 is 5.98. The summed E-state index contributed by atoms with van der Waals surface area (Å²) >= 11 is 0. The molecule has 3 heterocycles. The molecule has 0 aromatic carbocycles. The van der Waals surface area contributed by atoms with E-state index < -0.39 is 0 Å². The van der Waals surface area contributed by atoms with Gasteiger partial charge in [-0.25, -0.2) is 9.97 Å². The Kier molecular flexibility index (Phi) is 3.89. The minimum Gasteiger partial charge on any atom is -0.378 e. The molecule has 2 unspecified atom stereocenters. The molecule has 2 aliphatic carbocycles. The van der Waals surface area contributed by atoms with Crippen molar-refractivity contribution in [3.05, 3.63) is 35.8 Å². The Balaban J connectivity index is 1.43. The third kappa shape index (κ3) is 3.13. The third-order valence-electron chi connectivity index (χ3n) is 5.68. The number of aromatic nitrogens is 3. The highest BCUT2D eigenvalue weighted by molar-refractivity contribution is 5.60. The summed E-state index contributed by atoms with van der Waals surface area (Å²) in [7, 11) is 0. The van der Waals surface area contributed by atoms with Crippen LogP contribution in [-0.4, -0.2) is 33.7 Å². The summed E-state index contributed by atoms with van der Waals surface area (Å²) in [5.74, 6) is 2.67. The van der Waals surface area contributed by atoms with Crippen LogP contribution < -0.4 is 5.32 Å². The van der Waals surface area contributed by atoms with Crippen LogP contribution in [0.25, 0.3) is 11.4 Å². The number of hydrogen-bond acceptors (Lipinski definition) is 5. The van der Waals surface area contributed by atoms with Gasteiger partial charge in [-0.3, -0.25) is 4.98 Å². The Labute approximate surface area is 148 Å². The second-order valence-electron chi connectivity index (χ2n) is 7.52. The second kappa shape index (κ2) is 6.37. The van der Waals surface area contributed by atoms with E-state index in [0.29, 0.717) is 12.1 Å². The van der Waals surface area contributed by atoms with Crippen LogP contribution in [0.5, 0.6) is 0 Å². The second-order valence-corrected chi connectivity index (χ2v) is 7.52. The standard InChI is InChI=1S/C20H24N4O/c1-2-16-17(3-1)23-19(14-6-9-21-10-7-14)24-20(16)22-15-8-11-25-18(12-15)13-4-5-13/h6-7,9-10,13,15,18H,1-5,8,11-12H2,(H,22,23,24). The molecule has 3 aliphatic rings. The number of hydrogen-bond donors (Lipinski definition) is 1. The zero-order valence-electron chi connectivity index (χ0n) is 14.4. The highest BCUT2D eigenvalue weighted by atomic mass is 16.5. The zero-order chi connectivity index (χ0) is 16.6. The Hall–Kier alpha value is -2.01. The molecule has 2 aromatic rings. The largest absolute Gasteiger partial charge is 0.378 e. The van der Waals surface area contributed by atoms with Gasteiger partial charge in [-0.05, 0) is 63.0 Å². The first kappa shape index (κ1) is 15.3. The maximum absolute atomic E-state index is 5.98. The number of pyridine rings is 1.